The smallest absolute Gasteiger partial charge is 0.0646 e. The van der Waals surface area contributed by atoms with E-state index in [0.717, 1.165) is 5.56 Å². The molecular weight excluding hydrogens is 138 g/mol. The number of hydrogen-bond donors (Lipinski definition) is 1. The largest absolute Gasteiger partial charge is 0.318 e. The number of aryl methyl sites for hydroxylation is 1. The minimum absolute atomic E-state index is 0.0739. The molecular formula is C8H11N3. The minimum atomic E-state index is -0.0739. The van der Waals surface area contributed by atoms with Gasteiger partial charge in [0.1, 0.15) is 0 Å². The summed E-state index contributed by atoms with van der Waals surface area (Å²) in [5.41, 5.74) is 6.35. The first-order valence-corrected chi connectivity index (χ1v) is 3.44. The molecule has 0 bridgehead atoms. The van der Waals surface area contributed by atoms with Crippen molar-refractivity contribution >= 4 is 0 Å². The van der Waals surface area contributed by atoms with Gasteiger partial charge >= 0.3 is 0 Å². The van der Waals surface area contributed by atoms with E-state index in [2.05, 4.69) is 16.9 Å². The Morgan fingerprint density at radius 1 is 1.73 bits per heavy atom. The van der Waals surface area contributed by atoms with Crippen LogP contribution in [0.25, 0.3) is 0 Å². The number of nitrogens with two attached hydrogens (primary N) is 1. The van der Waals surface area contributed by atoms with Gasteiger partial charge in [-0.1, -0.05) is 11.8 Å². The van der Waals surface area contributed by atoms with Gasteiger partial charge in [-0.3, -0.25) is 4.68 Å². The summed E-state index contributed by atoms with van der Waals surface area (Å²) < 4.78 is 1.71. The van der Waals surface area contributed by atoms with E-state index in [1.54, 1.807) is 10.9 Å². The number of hydrogen-bond acceptors (Lipinski definition) is 2. The summed E-state index contributed by atoms with van der Waals surface area (Å²) in [7, 11) is 1.86. The lowest BCUT2D eigenvalue weighted by Gasteiger charge is -1.86. The van der Waals surface area contributed by atoms with E-state index < -0.39 is 0 Å². The van der Waals surface area contributed by atoms with Crippen molar-refractivity contribution in [3.8, 4) is 11.8 Å². The van der Waals surface area contributed by atoms with Crippen molar-refractivity contribution in [2.45, 2.75) is 13.0 Å². The molecule has 1 heterocycles. The third kappa shape index (κ3) is 2.44. The molecule has 1 aromatic heterocycles. The Labute approximate surface area is 66.2 Å². The summed E-state index contributed by atoms with van der Waals surface area (Å²) in [5.74, 6) is 5.76. The second kappa shape index (κ2) is 3.22. The van der Waals surface area contributed by atoms with Crippen LogP contribution in [0.4, 0.5) is 0 Å². The zero-order valence-corrected chi connectivity index (χ0v) is 6.70. The van der Waals surface area contributed by atoms with Crippen LogP contribution in [-0.4, -0.2) is 15.8 Å². The molecule has 0 aromatic carbocycles. The standard InChI is InChI=1S/C8H11N3/c1-7(9)3-4-8-5-10-11(2)6-8/h5-7H,9H2,1-2H3. The molecule has 0 saturated carbocycles. The molecule has 1 rings (SSSR count). The second-order valence-corrected chi connectivity index (χ2v) is 2.46. The van der Waals surface area contributed by atoms with Gasteiger partial charge < -0.3 is 5.73 Å². The summed E-state index contributed by atoms with van der Waals surface area (Å²) in [6.07, 6.45) is 3.57. The van der Waals surface area contributed by atoms with Gasteiger partial charge in [0, 0.05) is 13.2 Å². The lowest BCUT2D eigenvalue weighted by Crippen LogP contribution is -2.10. The van der Waals surface area contributed by atoms with E-state index in [9.17, 15) is 0 Å². The lowest BCUT2D eigenvalue weighted by atomic mass is 10.3. The molecule has 0 saturated heterocycles. The van der Waals surface area contributed by atoms with E-state index in [4.69, 9.17) is 5.73 Å². The maximum Gasteiger partial charge on any atom is 0.0646 e. The van der Waals surface area contributed by atoms with Gasteiger partial charge in [-0.25, -0.2) is 0 Å². The average molecular weight is 149 g/mol. The second-order valence-electron chi connectivity index (χ2n) is 2.46. The number of rotatable bonds is 0. The van der Waals surface area contributed by atoms with Crippen LogP contribution in [0.2, 0.25) is 0 Å². The van der Waals surface area contributed by atoms with Gasteiger partial charge in [0.15, 0.2) is 0 Å². The summed E-state index contributed by atoms with van der Waals surface area (Å²) in [6.45, 7) is 1.85. The van der Waals surface area contributed by atoms with Crippen molar-refractivity contribution in [1.82, 2.24) is 9.78 Å². The highest BCUT2D eigenvalue weighted by atomic mass is 15.2. The molecule has 11 heavy (non-hydrogen) atoms. The molecule has 0 fully saturated rings. The SMILES string of the molecule is CC(N)C#Cc1cnn(C)c1. The third-order valence-electron chi connectivity index (χ3n) is 1.15. The van der Waals surface area contributed by atoms with Gasteiger partial charge in [-0.05, 0) is 6.92 Å². The van der Waals surface area contributed by atoms with Crippen LogP contribution in [-0.2, 0) is 7.05 Å². The quantitative estimate of drug-likeness (QED) is 0.532. The summed E-state index contributed by atoms with van der Waals surface area (Å²) in [6, 6.07) is -0.0739. The molecule has 0 amide bonds. The predicted molar refractivity (Wildman–Crippen MR) is 43.7 cm³/mol. The molecule has 0 aliphatic rings. The van der Waals surface area contributed by atoms with Crippen LogP contribution in [0.1, 0.15) is 12.5 Å². The van der Waals surface area contributed by atoms with E-state index >= 15 is 0 Å². The van der Waals surface area contributed by atoms with Crippen LogP contribution in [0, 0.1) is 11.8 Å². The molecule has 1 atom stereocenters. The fourth-order valence-electron chi connectivity index (χ4n) is 0.683. The Balaban J connectivity index is 2.74. The molecule has 3 heteroatoms. The molecule has 58 valence electrons. The highest BCUT2D eigenvalue weighted by Gasteiger charge is 1.89. The molecule has 2 N–H and O–H groups in total. The first-order chi connectivity index (χ1) is 5.18. The fourth-order valence-corrected chi connectivity index (χ4v) is 0.683. The van der Waals surface area contributed by atoms with Crippen LogP contribution >= 0.6 is 0 Å². The molecule has 0 aliphatic heterocycles. The predicted octanol–water partition coefficient (Wildman–Crippen LogP) is 0.119. The zero-order valence-electron chi connectivity index (χ0n) is 6.70. The molecule has 1 aromatic rings. The van der Waals surface area contributed by atoms with Crippen molar-refractivity contribution in [3.63, 3.8) is 0 Å². The van der Waals surface area contributed by atoms with Crippen LogP contribution < -0.4 is 5.73 Å². The summed E-state index contributed by atoms with van der Waals surface area (Å²) in [5, 5.41) is 3.97. The average Bonchev–Trinajstić information content (AvgIpc) is 2.31. The maximum atomic E-state index is 5.45. The normalized spacial score (nSPS) is 11.9. The summed E-state index contributed by atoms with van der Waals surface area (Å²) >= 11 is 0. The molecule has 0 aliphatic carbocycles. The lowest BCUT2D eigenvalue weighted by molar-refractivity contribution is 0.767. The Kier molecular flexibility index (Phi) is 2.29. The van der Waals surface area contributed by atoms with Crippen molar-refractivity contribution in [2.24, 2.45) is 12.8 Å². The van der Waals surface area contributed by atoms with Gasteiger partial charge in [-0.15, -0.1) is 0 Å². The van der Waals surface area contributed by atoms with Gasteiger partial charge in [0.25, 0.3) is 0 Å². The molecule has 1 unspecified atom stereocenters. The Morgan fingerprint density at radius 3 is 2.91 bits per heavy atom. The Bertz CT molecular complexity index is 288. The Hall–Kier alpha value is -1.27. The van der Waals surface area contributed by atoms with E-state index in [1.807, 2.05) is 20.2 Å². The zero-order chi connectivity index (χ0) is 8.27. The van der Waals surface area contributed by atoms with Crippen LogP contribution in [0.15, 0.2) is 12.4 Å². The van der Waals surface area contributed by atoms with Gasteiger partial charge in [-0.2, -0.15) is 5.10 Å². The minimum Gasteiger partial charge on any atom is -0.318 e. The maximum absolute atomic E-state index is 5.45. The third-order valence-corrected chi connectivity index (χ3v) is 1.15. The van der Waals surface area contributed by atoms with Crippen molar-refractivity contribution in [1.29, 1.82) is 0 Å². The van der Waals surface area contributed by atoms with Crippen molar-refractivity contribution < 1.29 is 0 Å². The molecule has 0 spiro atoms. The first kappa shape index (κ1) is 7.83. The monoisotopic (exact) mass is 149 g/mol. The van der Waals surface area contributed by atoms with Gasteiger partial charge in [0.05, 0.1) is 17.8 Å². The van der Waals surface area contributed by atoms with E-state index in [1.165, 1.54) is 0 Å². The van der Waals surface area contributed by atoms with Crippen LogP contribution in [0.5, 0.6) is 0 Å². The van der Waals surface area contributed by atoms with Crippen molar-refractivity contribution in [2.75, 3.05) is 0 Å². The summed E-state index contributed by atoms with van der Waals surface area (Å²) in [4.78, 5) is 0. The highest BCUT2D eigenvalue weighted by molar-refractivity contribution is 5.30. The first-order valence-electron chi connectivity index (χ1n) is 3.44. The highest BCUT2D eigenvalue weighted by Crippen LogP contribution is 1.91. The van der Waals surface area contributed by atoms with E-state index in [-0.39, 0.29) is 6.04 Å². The number of aromatic nitrogens is 2. The number of nitrogens with zero attached hydrogens (tertiary/aromatic N) is 2. The van der Waals surface area contributed by atoms with Crippen LogP contribution in [0.3, 0.4) is 0 Å². The topological polar surface area (TPSA) is 43.8 Å². The fraction of sp³-hybridized carbons (Fsp3) is 0.375. The molecule has 3 nitrogen and oxygen atoms in total. The van der Waals surface area contributed by atoms with E-state index in [0.29, 0.717) is 0 Å². The molecule has 0 radical (unpaired) electrons. The Morgan fingerprint density at radius 2 is 2.45 bits per heavy atom. The van der Waals surface area contributed by atoms with Gasteiger partial charge in [0.2, 0.25) is 0 Å². The van der Waals surface area contributed by atoms with Crippen molar-refractivity contribution in [3.05, 3.63) is 18.0 Å².